The number of nitrogens with one attached hydrogen (secondary N) is 1. The SMILES string of the molecule is CC1(CCC(=O)NCCCCCC(=O)ON2C(=O)C[C@@H](S(=O)(=O)O)C2=O)N=N1. The van der Waals surface area contributed by atoms with Crippen LogP contribution in [-0.4, -0.2) is 59.2 Å². The van der Waals surface area contributed by atoms with E-state index in [1.165, 1.54) is 0 Å². The predicted octanol–water partition coefficient (Wildman–Crippen LogP) is 0.0987. The van der Waals surface area contributed by atoms with E-state index in [2.05, 4.69) is 20.4 Å². The van der Waals surface area contributed by atoms with Crippen LogP contribution in [0, 0.1) is 0 Å². The van der Waals surface area contributed by atoms with Crippen molar-refractivity contribution in [2.24, 2.45) is 10.2 Å². The van der Waals surface area contributed by atoms with Crippen LogP contribution in [0.15, 0.2) is 10.2 Å². The van der Waals surface area contributed by atoms with Crippen molar-refractivity contribution in [1.29, 1.82) is 0 Å². The molecule has 2 aliphatic heterocycles. The van der Waals surface area contributed by atoms with Crippen LogP contribution in [0.4, 0.5) is 0 Å². The van der Waals surface area contributed by atoms with Gasteiger partial charge < -0.3 is 10.2 Å². The molecule has 156 valence electrons. The van der Waals surface area contributed by atoms with Gasteiger partial charge in [0.1, 0.15) is 0 Å². The zero-order chi connectivity index (χ0) is 20.9. The van der Waals surface area contributed by atoms with Gasteiger partial charge in [0.25, 0.3) is 21.9 Å². The molecule has 2 N–H and O–H groups in total. The van der Waals surface area contributed by atoms with Crippen LogP contribution in [0.3, 0.4) is 0 Å². The second-order valence-electron chi connectivity index (χ2n) is 6.77. The molecule has 0 aromatic rings. The van der Waals surface area contributed by atoms with Crippen LogP contribution in [0.2, 0.25) is 0 Å². The Morgan fingerprint density at radius 2 is 1.93 bits per heavy atom. The number of rotatable bonds is 11. The highest BCUT2D eigenvalue weighted by Crippen LogP contribution is 2.31. The first-order valence-electron chi connectivity index (χ1n) is 8.76. The lowest BCUT2D eigenvalue weighted by Gasteiger charge is -2.13. The van der Waals surface area contributed by atoms with Crippen LogP contribution in [0.1, 0.15) is 51.9 Å². The van der Waals surface area contributed by atoms with Crippen LogP contribution in [0.5, 0.6) is 0 Å². The number of amides is 3. The van der Waals surface area contributed by atoms with Gasteiger partial charge in [-0.05, 0) is 19.8 Å². The maximum atomic E-state index is 11.7. The van der Waals surface area contributed by atoms with Crippen molar-refractivity contribution in [3.63, 3.8) is 0 Å². The fourth-order valence-electron chi connectivity index (χ4n) is 2.48. The van der Waals surface area contributed by atoms with Gasteiger partial charge in [-0.25, -0.2) is 4.79 Å². The third-order valence-corrected chi connectivity index (χ3v) is 5.35. The molecule has 12 nitrogen and oxygen atoms in total. The van der Waals surface area contributed by atoms with Crippen molar-refractivity contribution in [1.82, 2.24) is 10.4 Å². The third-order valence-electron chi connectivity index (χ3n) is 4.26. The molecule has 0 saturated carbocycles. The Hall–Kier alpha value is -2.41. The van der Waals surface area contributed by atoms with Crippen molar-refractivity contribution < 1.29 is 37.0 Å². The molecule has 0 bridgehead atoms. The molecule has 0 aromatic heterocycles. The molecule has 13 heteroatoms. The van der Waals surface area contributed by atoms with Gasteiger partial charge in [-0.15, -0.1) is 5.06 Å². The summed E-state index contributed by atoms with van der Waals surface area (Å²) in [5, 5.41) is 8.52. The van der Waals surface area contributed by atoms with Crippen molar-refractivity contribution in [2.75, 3.05) is 6.54 Å². The Labute approximate surface area is 161 Å². The standard InChI is InChI=1S/C15H22N4O8S/c1-15(17-18-15)7-6-11(20)16-8-4-2-3-5-13(22)27-19-12(21)9-10(14(19)23)28(24,25)26/h10H,2-9H2,1H3,(H,16,20)(H,24,25,26)/t10-/m1/s1. The van der Waals surface area contributed by atoms with Crippen LogP contribution < -0.4 is 5.32 Å². The average Bonchev–Trinajstić information content (AvgIpc) is 3.27. The quantitative estimate of drug-likeness (QED) is 0.270. The summed E-state index contributed by atoms with van der Waals surface area (Å²) < 4.78 is 30.9. The van der Waals surface area contributed by atoms with Crippen LogP contribution >= 0.6 is 0 Å². The molecule has 2 aliphatic rings. The molecule has 0 radical (unpaired) electrons. The van der Waals surface area contributed by atoms with Crippen molar-refractivity contribution in [2.45, 2.75) is 62.8 Å². The first kappa shape index (κ1) is 21.9. The maximum Gasteiger partial charge on any atom is 0.333 e. The van der Waals surface area contributed by atoms with E-state index in [9.17, 15) is 27.6 Å². The molecular weight excluding hydrogens is 396 g/mol. The van der Waals surface area contributed by atoms with Gasteiger partial charge in [0.15, 0.2) is 10.9 Å². The Morgan fingerprint density at radius 1 is 1.25 bits per heavy atom. The van der Waals surface area contributed by atoms with Crippen LogP contribution in [-0.2, 0) is 34.1 Å². The Kier molecular flexibility index (Phi) is 6.82. The number of hydroxylamine groups is 2. The summed E-state index contributed by atoms with van der Waals surface area (Å²) >= 11 is 0. The average molecular weight is 418 g/mol. The van der Waals surface area contributed by atoms with Crippen molar-refractivity contribution in [3.8, 4) is 0 Å². The van der Waals surface area contributed by atoms with E-state index in [1.54, 1.807) is 0 Å². The highest BCUT2D eigenvalue weighted by atomic mass is 32.2. The second kappa shape index (κ2) is 8.73. The van der Waals surface area contributed by atoms with Crippen molar-refractivity contribution in [3.05, 3.63) is 0 Å². The molecule has 0 aliphatic carbocycles. The van der Waals surface area contributed by atoms with Gasteiger partial charge >= 0.3 is 5.97 Å². The van der Waals surface area contributed by atoms with Gasteiger partial charge in [-0.3, -0.25) is 18.9 Å². The topological polar surface area (TPSA) is 172 Å². The van der Waals surface area contributed by atoms with E-state index in [4.69, 9.17) is 4.55 Å². The number of imide groups is 1. The summed E-state index contributed by atoms with van der Waals surface area (Å²) in [6.07, 6.45) is 1.64. The Balaban J connectivity index is 1.57. The molecule has 2 rings (SSSR count). The van der Waals surface area contributed by atoms with Gasteiger partial charge in [0.05, 0.1) is 6.42 Å². The molecule has 1 fully saturated rings. The van der Waals surface area contributed by atoms with E-state index < -0.39 is 45.2 Å². The number of carbonyl (C=O) groups is 4. The first-order valence-corrected chi connectivity index (χ1v) is 10.3. The molecule has 1 saturated heterocycles. The largest absolute Gasteiger partial charge is 0.356 e. The number of nitrogens with zero attached hydrogens (tertiary/aromatic N) is 3. The predicted molar refractivity (Wildman–Crippen MR) is 91.9 cm³/mol. The van der Waals surface area contributed by atoms with Gasteiger partial charge in [0.2, 0.25) is 5.91 Å². The van der Waals surface area contributed by atoms with Gasteiger partial charge in [-0.2, -0.15) is 18.6 Å². The zero-order valence-electron chi connectivity index (χ0n) is 15.3. The van der Waals surface area contributed by atoms with Crippen molar-refractivity contribution >= 4 is 33.8 Å². The number of hydrogen-bond acceptors (Lipinski definition) is 9. The second-order valence-corrected chi connectivity index (χ2v) is 8.37. The molecule has 2 heterocycles. The fourth-order valence-corrected chi connectivity index (χ4v) is 3.19. The molecule has 1 atom stereocenters. The number of hydrogen-bond donors (Lipinski definition) is 2. The molecule has 28 heavy (non-hydrogen) atoms. The Bertz CT molecular complexity index is 788. The lowest BCUT2D eigenvalue weighted by molar-refractivity contribution is -0.197. The van der Waals surface area contributed by atoms with Gasteiger partial charge in [-0.1, -0.05) is 6.42 Å². The molecule has 3 amide bonds. The zero-order valence-corrected chi connectivity index (χ0v) is 16.1. The lowest BCUT2D eigenvalue weighted by atomic mass is 10.1. The molecular formula is C15H22N4O8S. The van der Waals surface area contributed by atoms with E-state index in [0.717, 1.165) is 0 Å². The first-order chi connectivity index (χ1) is 13.0. The summed E-state index contributed by atoms with van der Waals surface area (Å²) in [5.74, 6) is -3.27. The Morgan fingerprint density at radius 3 is 2.50 bits per heavy atom. The van der Waals surface area contributed by atoms with Gasteiger partial charge in [0, 0.05) is 25.8 Å². The number of unbranched alkanes of at least 4 members (excludes halogenated alkanes) is 2. The molecule has 0 unspecified atom stereocenters. The summed E-state index contributed by atoms with van der Waals surface area (Å²) in [7, 11) is -4.74. The summed E-state index contributed by atoms with van der Waals surface area (Å²) in [6.45, 7) is 2.28. The summed E-state index contributed by atoms with van der Waals surface area (Å²) in [6, 6.07) is 0. The highest BCUT2D eigenvalue weighted by molar-refractivity contribution is 7.87. The number of carbonyl (C=O) groups excluding carboxylic acids is 4. The van der Waals surface area contributed by atoms with E-state index in [0.29, 0.717) is 38.6 Å². The minimum atomic E-state index is -4.74. The lowest BCUT2D eigenvalue weighted by Crippen LogP contribution is -2.36. The minimum Gasteiger partial charge on any atom is -0.356 e. The van der Waals surface area contributed by atoms with E-state index >= 15 is 0 Å². The normalized spacial score (nSPS) is 20.4. The molecule has 0 spiro atoms. The van der Waals surface area contributed by atoms with Crippen LogP contribution in [0.25, 0.3) is 0 Å². The maximum absolute atomic E-state index is 11.7. The summed E-state index contributed by atoms with van der Waals surface area (Å²) in [5.41, 5.74) is -0.406. The fraction of sp³-hybridized carbons (Fsp3) is 0.733. The smallest absolute Gasteiger partial charge is 0.333 e. The monoisotopic (exact) mass is 418 g/mol. The molecule has 0 aromatic carbocycles. The van der Waals surface area contributed by atoms with E-state index in [-0.39, 0.29) is 17.4 Å². The summed E-state index contributed by atoms with van der Waals surface area (Å²) in [4.78, 5) is 51.2. The minimum absolute atomic E-state index is 0.0833. The highest BCUT2D eigenvalue weighted by Gasteiger charge is 2.48. The third kappa shape index (κ3) is 6.34. The van der Waals surface area contributed by atoms with E-state index in [1.807, 2.05) is 6.92 Å².